The molecular formula is C21H31N3O2. The third kappa shape index (κ3) is 5.31. The fraction of sp³-hybridized carbons (Fsp3) is 0.619. The Bertz CT molecular complexity index is 619. The van der Waals surface area contributed by atoms with Crippen LogP contribution in [0, 0.1) is 17.8 Å². The van der Waals surface area contributed by atoms with Gasteiger partial charge in [-0.15, -0.1) is 0 Å². The highest BCUT2D eigenvalue weighted by molar-refractivity contribution is 5.94. The molecule has 0 bridgehead atoms. The zero-order valence-electron chi connectivity index (χ0n) is 15.9. The van der Waals surface area contributed by atoms with E-state index in [9.17, 15) is 9.59 Å². The number of carbonyl (C=O) groups is 2. The van der Waals surface area contributed by atoms with Gasteiger partial charge in [0, 0.05) is 18.0 Å². The zero-order valence-corrected chi connectivity index (χ0v) is 15.9. The van der Waals surface area contributed by atoms with Crippen LogP contribution in [0.1, 0.15) is 57.6 Å². The highest BCUT2D eigenvalue weighted by Gasteiger charge is 2.29. The van der Waals surface area contributed by atoms with Crippen molar-refractivity contribution in [2.75, 3.05) is 18.4 Å². The summed E-state index contributed by atoms with van der Waals surface area (Å²) in [5.41, 5.74) is 1.88. The standard InChI is InChI=1S/C21H31N3O2/c1-14(16-9-11-22-12-10-16)13-20(25)23-15(2)17-5-7-19(8-6-17)24-21(26)18-3-4-18/h5-8,14-16,18,22H,3-4,9-13H2,1-2H3,(H,23,25)(H,24,26). The van der Waals surface area contributed by atoms with Crippen LogP contribution in [0.25, 0.3) is 0 Å². The van der Waals surface area contributed by atoms with E-state index in [4.69, 9.17) is 0 Å². The van der Waals surface area contributed by atoms with E-state index in [0.717, 1.165) is 50.0 Å². The molecule has 3 rings (SSSR count). The molecule has 1 saturated heterocycles. The van der Waals surface area contributed by atoms with E-state index in [0.29, 0.717) is 18.3 Å². The molecule has 5 heteroatoms. The van der Waals surface area contributed by atoms with E-state index < -0.39 is 0 Å². The van der Waals surface area contributed by atoms with Crippen LogP contribution in [0.15, 0.2) is 24.3 Å². The third-order valence-corrected chi connectivity index (χ3v) is 5.70. The first-order valence-corrected chi connectivity index (χ1v) is 9.94. The quantitative estimate of drug-likeness (QED) is 0.702. The van der Waals surface area contributed by atoms with E-state index in [1.165, 1.54) is 0 Å². The number of carbonyl (C=O) groups excluding carboxylic acids is 2. The molecule has 0 aromatic heterocycles. The average Bonchev–Trinajstić information content (AvgIpc) is 3.48. The van der Waals surface area contributed by atoms with Crippen molar-refractivity contribution >= 4 is 17.5 Å². The van der Waals surface area contributed by atoms with E-state index in [-0.39, 0.29) is 23.8 Å². The summed E-state index contributed by atoms with van der Waals surface area (Å²) < 4.78 is 0. The van der Waals surface area contributed by atoms with Crippen LogP contribution in [0.5, 0.6) is 0 Å². The molecule has 1 aromatic carbocycles. The molecule has 1 aliphatic carbocycles. The van der Waals surface area contributed by atoms with Crippen molar-refractivity contribution in [2.24, 2.45) is 17.8 Å². The SMILES string of the molecule is CC(NC(=O)CC(C)C1CCNCC1)c1ccc(NC(=O)C2CC2)cc1. The predicted molar refractivity (Wildman–Crippen MR) is 104 cm³/mol. The first kappa shape index (κ1) is 18.9. The molecule has 2 aliphatic rings. The predicted octanol–water partition coefficient (Wildman–Crippen LogP) is 3.24. The Labute approximate surface area is 156 Å². The number of nitrogens with one attached hydrogen (secondary N) is 3. The number of amides is 2. The Hall–Kier alpha value is -1.88. The molecule has 2 fully saturated rings. The molecule has 1 aliphatic heterocycles. The monoisotopic (exact) mass is 357 g/mol. The Morgan fingerprint density at radius 2 is 1.73 bits per heavy atom. The maximum Gasteiger partial charge on any atom is 0.227 e. The minimum absolute atomic E-state index is 0.0316. The summed E-state index contributed by atoms with van der Waals surface area (Å²) in [7, 11) is 0. The summed E-state index contributed by atoms with van der Waals surface area (Å²) >= 11 is 0. The van der Waals surface area contributed by atoms with Gasteiger partial charge in [-0.05, 0) is 75.2 Å². The van der Waals surface area contributed by atoms with Gasteiger partial charge < -0.3 is 16.0 Å². The van der Waals surface area contributed by atoms with Crippen molar-refractivity contribution in [3.8, 4) is 0 Å². The molecule has 1 heterocycles. The zero-order chi connectivity index (χ0) is 18.5. The highest BCUT2D eigenvalue weighted by Crippen LogP contribution is 2.30. The molecule has 2 unspecified atom stereocenters. The molecule has 0 radical (unpaired) electrons. The number of benzene rings is 1. The lowest BCUT2D eigenvalue weighted by molar-refractivity contribution is -0.123. The van der Waals surface area contributed by atoms with Gasteiger partial charge in [0.1, 0.15) is 0 Å². The van der Waals surface area contributed by atoms with E-state index in [1.54, 1.807) is 0 Å². The molecule has 26 heavy (non-hydrogen) atoms. The van der Waals surface area contributed by atoms with Crippen molar-refractivity contribution in [1.82, 2.24) is 10.6 Å². The van der Waals surface area contributed by atoms with Crippen LogP contribution < -0.4 is 16.0 Å². The highest BCUT2D eigenvalue weighted by atomic mass is 16.2. The Kier molecular flexibility index (Phi) is 6.30. The van der Waals surface area contributed by atoms with Gasteiger partial charge in [0.2, 0.25) is 11.8 Å². The molecule has 1 saturated carbocycles. The van der Waals surface area contributed by atoms with Crippen LogP contribution in [-0.2, 0) is 9.59 Å². The molecular weight excluding hydrogens is 326 g/mol. The number of hydrogen-bond acceptors (Lipinski definition) is 3. The van der Waals surface area contributed by atoms with Gasteiger partial charge in [0.15, 0.2) is 0 Å². The van der Waals surface area contributed by atoms with Gasteiger partial charge in [0.25, 0.3) is 0 Å². The lowest BCUT2D eigenvalue weighted by Gasteiger charge is -2.28. The summed E-state index contributed by atoms with van der Waals surface area (Å²) in [4.78, 5) is 24.2. The van der Waals surface area contributed by atoms with Crippen molar-refractivity contribution in [3.05, 3.63) is 29.8 Å². The lowest BCUT2D eigenvalue weighted by atomic mass is 9.84. The van der Waals surface area contributed by atoms with E-state index >= 15 is 0 Å². The summed E-state index contributed by atoms with van der Waals surface area (Å²) in [6.07, 6.45) is 4.92. The minimum atomic E-state index is -0.0316. The van der Waals surface area contributed by atoms with Crippen LogP contribution in [0.4, 0.5) is 5.69 Å². The number of piperidine rings is 1. The average molecular weight is 357 g/mol. The Morgan fingerprint density at radius 1 is 1.08 bits per heavy atom. The number of rotatable bonds is 7. The van der Waals surface area contributed by atoms with Crippen molar-refractivity contribution in [1.29, 1.82) is 0 Å². The largest absolute Gasteiger partial charge is 0.350 e. The van der Waals surface area contributed by atoms with Crippen LogP contribution in [0.3, 0.4) is 0 Å². The Morgan fingerprint density at radius 3 is 2.35 bits per heavy atom. The van der Waals surface area contributed by atoms with Crippen LogP contribution in [-0.4, -0.2) is 24.9 Å². The minimum Gasteiger partial charge on any atom is -0.350 e. The van der Waals surface area contributed by atoms with Crippen molar-refractivity contribution < 1.29 is 9.59 Å². The fourth-order valence-electron chi connectivity index (χ4n) is 3.70. The maximum atomic E-state index is 12.4. The molecule has 0 spiro atoms. The first-order valence-electron chi connectivity index (χ1n) is 9.94. The van der Waals surface area contributed by atoms with Gasteiger partial charge in [-0.25, -0.2) is 0 Å². The molecule has 142 valence electrons. The smallest absolute Gasteiger partial charge is 0.227 e. The summed E-state index contributed by atoms with van der Waals surface area (Å²) in [6.45, 7) is 6.33. The number of anilines is 1. The molecule has 2 atom stereocenters. The summed E-state index contributed by atoms with van der Waals surface area (Å²) in [5, 5.41) is 9.43. The molecule has 3 N–H and O–H groups in total. The second kappa shape index (κ2) is 8.67. The van der Waals surface area contributed by atoms with Gasteiger partial charge in [-0.3, -0.25) is 9.59 Å². The third-order valence-electron chi connectivity index (χ3n) is 5.70. The van der Waals surface area contributed by atoms with E-state index in [1.807, 2.05) is 31.2 Å². The first-order chi connectivity index (χ1) is 12.5. The normalized spacial score (nSPS) is 20.2. The van der Waals surface area contributed by atoms with Crippen molar-refractivity contribution in [3.63, 3.8) is 0 Å². The second-order valence-electron chi connectivity index (χ2n) is 7.94. The second-order valence-corrected chi connectivity index (χ2v) is 7.94. The van der Waals surface area contributed by atoms with Crippen molar-refractivity contribution in [2.45, 2.75) is 52.0 Å². The maximum absolute atomic E-state index is 12.4. The summed E-state index contributed by atoms with van der Waals surface area (Å²) in [6, 6.07) is 7.75. The molecule has 2 amide bonds. The van der Waals surface area contributed by atoms with Gasteiger partial charge >= 0.3 is 0 Å². The fourth-order valence-corrected chi connectivity index (χ4v) is 3.70. The van der Waals surface area contributed by atoms with Gasteiger partial charge in [0.05, 0.1) is 6.04 Å². The van der Waals surface area contributed by atoms with Gasteiger partial charge in [-0.1, -0.05) is 19.1 Å². The van der Waals surface area contributed by atoms with Gasteiger partial charge in [-0.2, -0.15) is 0 Å². The Balaban J connectivity index is 1.46. The summed E-state index contributed by atoms with van der Waals surface area (Å²) in [5.74, 6) is 1.51. The molecule has 1 aromatic rings. The number of hydrogen-bond donors (Lipinski definition) is 3. The van der Waals surface area contributed by atoms with Crippen LogP contribution >= 0.6 is 0 Å². The van der Waals surface area contributed by atoms with Crippen LogP contribution in [0.2, 0.25) is 0 Å². The van der Waals surface area contributed by atoms with E-state index in [2.05, 4.69) is 22.9 Å². The lowest BCUT2D eigenvalue weighted by Crippen LogP contribution is -2.34. The molecule has 5 nitrogen and oxygen atoms in total. The topological polar surface area (TPSA) is 70.2 Å².